The van der Waals surface area contributed by atoms with E-state index in [1.165, 1.54) is 29.1 Å². The van der Waals surface area contributed by atoms with E-state index in [0.717, 1.165) is 0 Å². The number of rotatable bonds is 2. The largest absolute Gasteiger partial charge is 0.480 e. The number of amides is 2. The molecule has 0 saturated carbocycles. The zero-order valence-corrected chi connectivity index (χ0v) is 9.03. The minimum atomic E-state index is -0.979. The molecule has 86 valence electrons. The number of nitrogens with one attached hydrogen (secondary N) is 2. The van der Waals surface area contributed by atoms with Gasteiger partial charge in [-0.15, -0.1) is 11.8 Å². The summed E-state index contributed by atoms with van der Waals surface area (Å²) >= 11 is 1.42. The Labute approximate surface area is 95.2 Å². The third kappa shape index (κ3) is 2.11. The highest BCUT2D eigenvalue weighted by Crippen LogP contribution is 2.21. The van der Waals surface area contributed by atoms with Crippen LogP contribution in [0.4, 0.5) is 10.5 Å². The van der Waals surface area contributed by atoms with Crippen molar-refractivity contribution in [2.24, 2.45) is 0 Å². The van der Waals surface area contributed by atoms with E-state index in [1.807, 2.05) is 0 Å². The van der Waals surface area contributed by atoms with Crippen LogP contribution in [-0.4, -0.2) is 49.9 Å². The lowest BCUT2D eigenvalue weighted by atomic mass is 10.3. The highest BCUT2D eigenvalue weighted by atomic mass is 32.2. The third-order valence-corrected chi connectivity index (χ3v) is 3.19. The predicted molar refractivity (Wildman–Crippen MR) is 58.2 cm³/mol. The highest BCUT2D eigenvalue weighted by Gasteiger charge is 2.34. The van der Waals surface area contributed by atoms with E-state index in [2.05, 4.69) is 15.5 Å². The Hall–Kier alpha value is -1.70. The molecule has 0 radical (unpaired) electrons. The normalized spacial score (nSPS) is 19.8. The van der Waals surface area contributed by atoms with E-state index in [4.69, 9.17) is 5.11 Å². The Balaban J connectivity index is 2.01. The topological polar surface area (TPSA) is 98.3 Å². The first-order valence-corrected chi connectivity index (χ1v) is 5.71. The highest BCUT2D eigenvalue weighted by molar-refractivity contribution is 7.99. The molecule has 16 heavy (non-hydrogen) atoms. The standard InChI is InChI=1S/C8H10N4O3S/c13-7(14)6-3-16-4-12(6)8(15)11-5-1-9-10-2-5/h1-2,6H,3-4H2,(H,9,10)(H,11,15)(H,13,14)/t6-/m0/s1. The van der Waals surface area contributed by atoms with Gasteiger partial charge in [0.25, 0.3) is 0 Å². The lowest BCUT2D eigenvalue weighted by molar-refractivity contribution is -0.140. The molecule has 0 spiro atoms. The van der Waals surface area contributed by atoms with Gasteiger partial charge in [-0.05, 0) is 0 Å². The Morgan fingerprint density at radius 2 is 2.50 bits per heavy atom. The fraction of sp³-hybridized carbons (Fsp3) is 0.375. The monoisotopic (exact) mass is 242 g/mol. The SMILES string of the molecule is O=C(O)[C@@H]1CSCN1C(=O)Nc1cn[nH]c1. The van der Waals surface area contributed by atoms with Gasteiger partial charge < -0.3 is 15.3 Å². The number of carbonyl (C=O) groups is 2. The summed E-state index contributed by atoms with van der Waals surface area (Å²) < 4.78 is 0. The lowest BCUT2D eigenvalue weighted by Crippen LogP contribution is -2.43. The van der Waals surface area contributed by atoms with E-state index in [1.54, 1.807) is 0 Å². The molecular formula is C8H10N4O3S. The molecule has 1 aromatic heterocycles. The molecule has 1 fully saturated rings. The summed E-state index contributed by atoms with van der Waals surface area (Å²) in [5.74, 6) is -0.165. The van der Waals surface area contributed by atoms with Crippen molar-refractivity contribution in [2.75, 3.05) is 16.9 Å². The van der Waals surface area contributed by atoms with Crippen LogP contribution in [0.5, 0.6) is 0 Å². The second-order valence-corrected chi connectivity index (χ2v) is 4.24. The number of aliphatic carboxylic acids is 1. The fourth-order valence-electron chi connectivity index (χ4n) is 1.36. The van der Waals surface area contributed by atoms with Gasteiger partial charge in [-0.1, -0.05) is 0 Å². The van der Waals surface area contributed by atoms with E-state index in [9.17, 15) is 9.59 Å². The van der Waals surface area contributed by atoms with Crippen molar-refractivity contribution >= 4 is 29.4 Å². The van der Waals surface area contributed by atoms with E-state index >= 15 is 0 Å². The van der Waals surface area contributed by atoms with Crippen molar-refractivity contribution in [1.82, 2.24) is 15.1 Å². The van der Waals surface area contributed by atoms with Gasteiger partial charge in [-0.2, -0.15) is 5.10 Å². The summed E-state index contributed by atoms with van der Waals surface area (Å²) in [5.41, 5.74) is 0.519. The number of carbonyl (C=O) groups excluding carboxylic acids is 1. The summed E-state index contributed by atoms with van der Waals surface area (Å²) in [5, 5.41) is 17.7. The van der Waals surface area contributed by atoms with Crippen LogP contribution in [0.15, 0.2) is 12.4 Å². The van der Waals surface area contributed by atoms with Crippen LogP contribution in [0.25, 0.3) is 0 Å². The van der Waals surface area contributed by atoms with Crippen molar-refractivity contribution < 1.29 is 14.7 Å². The molecule has 0 aliphatic carbocycles. The quantitative estimate of drug-likeness (QED) is 0.697. The van der Waals surface area contributed by atoms with Crippen LogP contribution in [0.2, 0.25) is 0 Å². The molecule has 3 N–H and O–H groups in total. The molecule has 2 heterocycles. The van der Waals surface area contributed by atoms with Crippen LogP contribution in [0, 0.1) is 0 Å². The summed E-state index contributed by atoms with van der Waals surface area (Å²) in [7, 11) is 0. The van der Waals surface area contributed by atoms with Crippen molar-refractivity contribution in [3.05, 3.63) is 12.4 Å². The number of hydrogen-bond acceptors (Lipinski definition) is 4. The predicted octanol–water partition coefficient (Wildman–Crippen LogP) is 0.401. The van der Waals surface area contributed by atoms with Gasteiger partial charge in [-0.3, -0.25) is 5.10 Å². The summed E-state index contributed by atoms with van der Waals surface area (Å²) in [6, 6.07) is -1.17. The van der Waals surface area contributed by atoms with Gasteiger partial charge in [0.1, 0.15) is 6.04 Å². The number of carboxylic acids is 1. The molecule has 1 atom stereocenters. The number of hydrogen-bond donors (Lipinski definition) is 3. The number of H-pyrrole nitrogens is 1. The molecule has 1 aliphatic rings. The molecule has 7 nitrogen and oxygen atoms in total. The third-order valence-electron chi connectivity index (χ3n) is 2.18. The summed E-state index contributed by atoms with van der Waals surface area (Å²) in [4.78, 5) is 23.9. The van der Waals surface area contributed by atoms with Gasteiger partial charge in [0.2, 0.25) is 0 Å². The molecule has 8 heteroatoms. The smallest absolute Gasteiger partial charge is 0.327 e. The molecule has 0 bridgehead atoms. The van der Waals surface area contributed by atoms with Crippen LogP contribution >= 0.6 is 11.8 Å². The number of aromatic amines is 1. The molecule has 1 aliphatic heterocycles. The number of carboxylic acid groups (broad SMARTS) is 1. The van der Waals surface area contributed by atoms with Crippen molar-refractivity contribution in [2.45, 2.75) is 6.04 Å². The average molecular weight is 242 g/mol. The molecular weight excluding hydrogens is 232 g/mol. The molecule has 2 rings (SSSR count). The van der Waals surface area contributed by atoms with E-state index in [-0.39, 0.29) is 0 Å². The maximum Gasteiger partial charge on any atom is 0.327 e. The van der Waals surface area contributed by atoms with E-state index < -0.39 is 18.0 Å². The summed E-state index contributed by atoms with van der Waals surface area (Å²) in [6.45, 7) is 0. The molecule has 2 amide bonds. The van der Waals surface area contributed by atoms with Crippen molar-refractivity contribution in [1.29, 1.82) is 0 Å². The second kappa shape index (κ2) is 4.44. The lowest BCUT2D eigenvalue weighted by Gasteiger charge is -2.20. The van der Waals surface area contributed by atoms with E-state index in [0.29, 0.717) is 17.3 Å². The Morgan fingerprint density at radius 1 is 1.69 bits per heavy atom. The maximum absolute atomic E-state index is 11.7. The Kier molecular flexibility index (Phi) is 3.00. The second-order valence-electron chi connectivity index (χ2n) is 3.24. The minimum absolute atomic E-state index is 0.390. The number of thioether (sulfide) groups is 1. The molecule has 1 saturated heterocycles. The van der Waals surface area contributed by atoms with Crippen LogP contribution in [0.1, 0.15) is 0 Å². The van der Waals surface area contributed by atoms with Gasteiger partial charge in [0, 0.05) is 11.9 Å². The van der Waals surface area contributed by atoms with Crippen LogP contribution in [0.3, 0.4) is 0 Å². The Morgan fingerprint density at radius 3 is 3.12 bits per heavy atom. The fourth-order valence-corrected chi connectivity index (χ4v) is 2.51. The van der Waals surface area contributed by atoms with Crippen molar-refractivity contribution in [3.63, 3.8) is 0 Å². The van der Waals surface area contributed by atoms with Crippen LogP contribution in [-0.2, 0) is 4.79 Å². The first kappa shape index (κ1) is 10.8. The molecule has 1 aromatic rings. The number of nitrogens with zero attached hydrogens (tertiary/aromatic N) is 2. The van der Waals surface area contributed by atoms with Gasteiger partial charge in [0.05, 0.1) is 17.8 Å². The van der Waals surface area contributed by atoms with Crippen molar-refractivity contribution in [3.8, 4) is 0 Å². The maximum atomic E-state index is 11.7. The Bertz CT molecular complexity index is 394. The first-order chi connectivity index (χ1) is 7.68. The molecule has 0 unspecified atom stereocenters. The number of anilines is 1. The average Bonchev–Trinajstić information content (AvgIpc) is 2.86. The van der Waals surface area contributed by atoms with Gasteiger partial charge >= 0.3 is 12.0 Å². The summed E-state index contributed by atoms with van der Waals surface area (Å²) in [6.07, 6.45) is 2.98. The zero-order valence-electron chi connectivity index (χ0n) is 8.21. The van der Waals surface area contributed by atoms with Crippen LogP contribution < -0.4 is 5.32 Å². The molecule has 0 aromatic carbocycles. The van der Waals surface area contributed by atoms with Gasteiger partial charge in [-0.25, -0.2) is 9.59 Å². The number of aromatic nitrogens is 2. The minimum Gasteiger partial charge on any atom is -0.480 e. The zero-order chi connectivity index (χ0) is 11.5. The number of urea groups is 1. The van der Waals surface area contributed by atoms with Gasteiger partial charge in [0.15, 0.2) is 0 Å². The first-order valence-electron chi connectivity index (χ1n) is 4.55.